The van der Waals surface area contributed by atoms with E-state index in [1.54, 1.807) is 25.1 Å². The van der Waals surface area contributed by atoms with Gasteiger partial charge in [-0.1, -0.05) is 13.8 Å². The van der Waals surface area contributed by atoms with Gasteiger partial charge in [-0.2, -0.15) is 0 Å². The van der Waals surface area contributed by atoms with E-state index in [9.17, 15) is 9.90 Å². The number of aromatic amines is 1. The Bertz CT molecular complexity index is 399. The maximum atomic E-state index is 11.7. The number of nitrogens with one attached hydrogen (secondary N) is 2. The molecule has 1 atom stereocenters. The lowest BCUT2D eigenvalue weighted by molar-refractivity contribution is 0.0822. The summed E-state index contributed by atoms with van der Waals surface area (Å²) in [6, 6.07) is 3.70. The van der Waals surface area contributed by atoms with Crippen LogP contribution in [0.25, 0.3) is 0 Å². The molecule has 0 aromatic carbocycles. The molecule has 5 nitrogen and oxygen atoms in total. The van der Waals surface area contributed by atoms with E-state index in [0.29, 0.717) is 12.2 Å². The number of rotatable bonds is 7. The number of carbonyl (C=O) groups excluding carboxylic acids is 1. The second-order valence-corrected chi connectivity index (χ2v) is 5.37. The lowest BCUT2D eigenvalue weighted by atomic mass is 10.0. The van der Waals surface area contributed by atoms with Gasteiger partial charge in [0.2, 0.25) is 0 Å². The summed E-state index contributed by atoms with van der Waals surface area (Å²) in [5.41, 5.74) is 1.58. The fourth-order valence-electron chi connectivity index (χ4n) is 1.72. The van der Waals surface area contributed by atoms with Crippen molar-refractivity contribution in [2.45, 2.75) is 32.9 Å². The zero-order valence-corrected chi connectivity index (χ0v) is 12.2. The van der Waals surface area contributed by atoms with Crippen LogP contribution in [0.2, 0.25) is 0 Å². The van der Waals surface area contributed by atoms with Gasteiger partial charge in [0.25, 0.3) is 5.91 Å². The number of aromatic nitrogens is 1. The van der Waals surface area contributed by atoms with Crippen molar-refractivity contribution in [3.63, 3.8) is 0 Å². The third kappa shape index (κ3) is 5.04. The second kappa shape index (κ2) is 7.31. The van der Waals surface area contributed by atoms with E-state index in [1.165, 1.54) is 0 Å². The molecule has 0 bridgehead atoms. The molecule has 0 aliphatic carbocycles. The molecule has 0 fully saturated rings. The van der Waals surface area contributed by atoms with Gasteiger partial charge >= 0.3 is 0 Å². The van der Waals surface area contributed by atoms with Crippen molar-refractivity contribution < 1.29 is 9.90 Å². The lowest BCUT2D eigenvalue weighted by Crippen LogP contribution is -2.24. The summed E-state index contributed by atoms with van der Waals surface area (Å²) in [4.78, 5) is 16.3. The number of carbonyl (C=O) groups is 1. The topological polar surface area (TPSA) is 68.4 Å². The van der Waals surface area contributed by atoms with Crippen LogP contribution in [-0.2, 0) is 6.54 Å². The SMILES string of the molecule is CC(C)C(O)CCNCc1ccc(C(=O)N(C)C)[nH]1. The quantitative estimate of drug-likeness (QED) is 0.651. The molecule has 1 rings (SSSR count). The largest absolute Gasteiger partial charge is 0.393 e. The number of aliphatic hydroxyl groups is 1. The lowest BCUT2D eigenvalue weighted by Gasteiger charge is -2.14. The van der Waals surface area contributed by atoms with Crippen LogP contribution < -0.4 is 5.32 Å². The molecule has 1 aromatic rings. The number of hydrogen-bond donors (Lipinski definition) is 3. The van der Waals surface area contributed by atoms with Gasteiger partial charge in [-0.3, -0.25) is 4.79 Å². The van der Waals surface area contributed by atoms with Crippen LogP contribution in [0, 0.1) is 5.92 Å². The number of nitrogens with zero attached hydrogens (tertiary/aromatic N) is 1. The Hall–Kier alpha value is -1.33. The first kappa shape index (κ1) is 15.7. The van der Waals surface area contributed by atoms with Gasteiger partial charge < -0.3 is 20.3 Å². The molecule has 1 amide bonds. The molecule has 3 N–H and O–H groups in total. The van der Waals surface area contributed by atoms with Gasteiger partial charge in [0.05, 0.1) is 6.10 Å². The van der Waals surface area contributed by atoms with Crippen LogP contribution >= 0.6 is 0 Å². The van der Waals surface area contributed by atoms with E-state index in [1.807, 2.05) is 19.9 Å². The Kier molecular flexibility index (Phi) is 6.05. The normalized spacial score (nSPS) is 12.7. The fourth-order valence-corrected chi connectivity index (χ4v) is 1.72. The summed E-state index contributed by atoms with van der Waals surface area (Å²) in [6.45, 7) is 5.45. The minimum absolute atomic E-state index is 0.0264. The second-order valence-electron chi connectivity index (χ2n) is 5.37. The standard InChI is InChI=1S/C14H25N3O2/c1-10(2)13(18)7-8-15-9-11-5-6-12(16-11)14(19)17(3)4/h5-6,10,13,15-16,18H,7-9H2,1-4H3. The molecule has 1 unspecified atom stereocenters. The Morgan fingerprint density at radius 2 is 2.11 bits per heavy atom. The summed E-state index contributed by atoms with van der Waals surface area (Å²) in [5, 5.41) is 12.9. The smallest absolute Gasteiger partial charge is 0.269 e. The van der Waals surface area contributed by atoms with Gasteiger partial charge in [-0.15, -0.1) is 0 Å². The Morgan fingerprint density at radius 3 is 2.68 bits per heavy atom. The van der Waals surface area contributed by atoms with Gasteiger partial charge in [0, 0.05) is 26.3 Å². The third-order valence-electron chi connectivity index (χ3n) is 3.08. The van der Waals surface area contributed by atoms with Gasteiger partial charge in [0.1, 0.15) is 5.69 Å². The summed E-state index contributed by atoms with van der Waals surface area (Å²) >= 11 is 0. The van der Waals surface area contributed by atoms with Crippen LogP contribution in [0.15, 0.2) is 12.1 Å². The third-order valence-corrected chi connectivity index (χ3v) is 3.08. The van der Waals surface area contributed by atoms with Crippen molar-refractivity contribution in [2.24, 2.45) is 5.92 Å². The fraction of sp³-hybridized carbons (Fsp3) is 0.643. The van der Waals surface area contributed by atoms with Crippen LogP contribution in [0.1, 0.15) is 36.5 Å². The molecule has 108 valence electrons. The van der Waals surface area contributed by atoms with E-state index in [0.717, 1.165) is 18.7 Å². The number of aliphatic hydroxyl groups excluding tert-OH is 1. The van der Waals surface area contributed by atoms with Crippen molar-refractivity contribution >= 4 is 5.91 Å². The molecule has 1 heterocycles. The maximum absolute atomic E-state index is 11.7. The minimum Gasteiger partial charge on any atom is -0.393 e. The number of hydrogen-bond acceptors (Lipinski definition) is 3. The Labute approximate surface area is 115 Å². The summed E-state index contributed by atoms with van der Waals surface area (Å²) in [7, 11) is 3.46. The minimum atomic E-state index is -0.262. The van der Waals surface area contributed by atoms with Crippen molar-refractivity contribution in [3.05, 3.63) is 23.5 Å². The van der Waals surface area contributed by atoms with Gasteiger partial charge in [0.15, 0.2) is 0 Å². The Balaban J connectivity index is 2.33. The number of H-pyrrole nitrogens is 1. The highest BCUT2D eigenvalue weighted by Crippen LogP contribution is 2.06. The highest BCUT2D eigenvalue weighted by Gasteiger charge is 2.10. The molecule has 19 heavy (non-hydrogen) atoms. The highest BCUT2D eigenvalue weighted by molar-refractivity contribution is 5.92. The molecule has 0 radical (unpaired) electrons. The van der Waals surface area contributed by atoms with E-state index in [4.69, 9.17) is 0 Å². The zero-order valence-electron chi connectivity index (χ0n) is 12.2. The first-order valence-corrected chi connectivity index (χ1v) is 6.70. The molecule has 0 saturated carbocycles. The van der Waals surface area contributed by atoms with Crippen LogP contribution in [0.5, 0.6) is 0 Å². The average molecular weight is 267 g/mol. The molecule has 0 saturated heterocycles. The molecular formula is C14H25N3O2. The molecule has 0 aliphatic heterocycles. The van der Waals surface area contributed by atoms with Gasteiger partial charge in [-0.05, 0) is 31.0 Å². The van der Waals surface area contributed by atoms with E-state index in [2.05, 4.69) is 10.3 Å². The predicted octanol–water partition coefficient (Wildman–Crippen LogP) is 1.21. The van der Waals surface area contributed by atoms with Crippen molar-refractivity contribution in [3.8, 4) is 0 Å². The Morgan fingerprint density at radius 1 is 1.42 bits per heavy atom. The van der Waals surface area contributed by atoms with Crippen LogP contribution in [0.4, 0.5) is 0 Å². The van der Waals surface area contributed by atoms with E-state index in [-0.39, 0.29) is 17.9 Å². The first-order chi connectivity index (χ1) is 8.91. The predicted molar refractivity (Wildman–Crippen MR) is 76.0 cm³/mol. The summed E-state index contributed by atoms with van der Waals surface area (Å²) in [6.07, 6.45) is 0.476. The molecule has 1 aromatic heterocycles. The van der Waals surface area contributed by atoms with E-state index < -0.39 is 0 Å². The van der Waals surface area contributed by atoms with Crippen molar-refractivity contribution in [2.75, 3.05) is 20.6 Å². The summed E-state index contributed by atoms with van der Waals surface area (Å²) in [5.74, 6) is 0.262. The van der Waals surface area contributed by atoms with Crippen LogP contribution in [0.3, 0.4) is 0 Å². The highest BCUT2D eigenvalue weighted by atomic mass is 16.3. The van der Waals surface area contributed by atoms with Crippen LogP contribution in [-0.4, -0.2) is 47.6 Å². The van der Waals surface area contributed by atoms with E-state index >= 15 is 0 Å². The first-order valence-electron chi connectivity index (χ1n) is 6.70. The maximum Gasteiger partial charge on any atom is 0.269 e. The zero-order chi connectivity index (χ0) is 14.4. The molecular weight excluding hydrogens is 242 g/mol. The molecule has 5 heteroatoms. The monoisotopic (exact) mass is 267 g/mol. The molecule has 0 aliphatic rings. The van der Waals surface area contributed by atoms with Crippen molar-refractivity contribution in [1.82, 2.24) is 15.2 Å². The molecule has 0 spiro atoms. The van der Waals surface area contributed by atoms with Gasteiger partial charge in [-0.25, -0.2) is 0 Å². The van der Waals surface area contributed by atoms with Crippen molar-refractivity contribution in [1.29, 1.82) is 0 Å². The summed E-state index contributed by atoms with van der Waals surface area (Å²) < 4.78 is 0. The average Bonchev–Trinajstić information content (AvgIpc) is 2.81. The number of amides is 1.